The molecule has 0 saturated heterocycles. The Morgan fingerprint density at radius 3 is 2.06 bits per heavy atom. The minimum Gasteiger partial charge on any atom is -0.244 e. The van der Waals surface area contributed by atoms with Crippen LogP contribution in [0, 0.1) is 6.92 Å². The molecule has 1 aromatic carbocycles. The summed E-state index contributed by atoms with van der Waals surface area (Å²) in [6, 6.07) is 7.77. The van der Waals surface area contributed by atoms with Crippen LogP contribution in [0.3, 0.4) is 0 Å². The smallest absolute Gasteiger partial charge is 0.244 e. The first-order chi connectivity index (χ1) is 8.75. The molecule has 0 saturated carbocycles. The second-order valence-corrected chi connectivity index (χ2v) is 3.04. The number of benzene rings is 1. The highest BCUT2D eigenvalue weighted by atomic mass is 16.1. The Balaban J connectivity index is 0.000000659. The maximum Gasteiger partial charge on any atom is 0.361 e. The van der Waals surface area contributed by atoms with Crippen LogP contribution < -0.4 is 5.69 Å². The molecule has 0 spiro atoms. The number of hydrogen-bond acceptors (Lipinski definition) is 3. The van der Waals surface area contributed by atoms with Crippen LogP contribution in [-0.4, -0.2) is 15.2 Å². The van der Waals surface area contributed by atoms with Crippen LogP contribution in [0.5, 0.6) is 0 Å². The SMILES string of the molecule is CC.CC.Cc1ccc(-c2cn[nH]c(=O)n2)cc1. The third-order valence-electron chi connectivity index (χ3n) is 1.92. The van der Waals surface area contributed by atoms with Crippen molar-refractivity contribution in [2.45, 2.75) is 34.6 Å². The van der Waals surface area contributed by atoms with E-state index in [1.807, 2.05) is 58.9 Å². The predicted octanol–water partition coefficient (Wildman–Crippen LogP) is 3.19. The quantitative estimate of drug-likeness (QED) is 0.841. The van der Waals surface area contributed by atoms with Crippen molar-refractivity contribution < 1.29 is 0 Å². The number of hydrogen-bond donors (Lipinski definition) is 1. The maximum atomic E-state index is 10.9. The first-order valence-electron chi connectivity index (χ1n) is 6.24. The average Bonchev–Trinajstić information content (AvgIpc) is 2.44. The molecular weight excluding hydrogens is 226 g/mol. The van der Waals surface area contributed by atoms with Crippen LogP contribution in [0.25, 0.3) is 11.3 Å². The van der Waals surface area contributed by atoms with Gasteiger partial charge < -0.3 is 0 Å². The van der Waals surface area contributed by atoms with E-state index >= 15 is 0 Å². The van der Waals surface area contributed by atoms with Gasteiger partial charge in [0.05, 0.1) is 11.9 Å². The molecule has 4 nitrogen and oxygen atoms in total. The monoisotopic (exact) mass is 247 g/mol. The molecule has 0 amide bonds. The minimum absolute atomic E-state index is 0.428. The van der Waals surface area contributed by atoms with Crippen molar-refractivity contribution in [2.75, 3.05) is 0 Å². The van der Waals surface area contributed by atoms with Gasteiger partial charge in [-0.15, -0.1) is 0 Å². The number of rotatable bonds is 1. The molecule has 18 heavy (non-hydrogen) atoms. The number of aromatic nitrogens is 3. The van der Waals surface area contributed by atoms with Crippen molar-refractivity contribution in [3.63, 3.8) is 0 Å². The highest BCUT2D eigenvalue weighted by Gasteiger charge is 1.99. The van der Waals surface area contributed by atoms with E-state index in [9.17, 15) is 4.79 Å². The molecule has 4 heteroatoms. The van der Waals surface area contributed by atoms with Gasteiger partial charge >= 0.3 is 5.69 Å². The van der Waals surface area contributed by atoms with Gasteiger partial charge in [0.25, 0.3) is 0 Å². The Morgan fingerprint density at radius 2 is 1.56 bits per heavy atom. The molecule has 98 valence electrons. The molecule has 1 aromatic heterocycles. The van der Waals surface area contributed by atoms with Crippen LogP contribution in [0.2, 0.25) is 0 Å². The van der Waals surface area contributed by atoms with Crippen molar-refractivity contribution in [1.82, 2.24) is 15.2 Å². The Labute approximate surface area is 108 Å². The van der Waals surface area contributed by atoms with E-state index in [-0.39, 0.29) is 0 Å². The summed E-state index contributed by atoms with van der Waals surface area (Å²) in [4.78, 5) is 14.7. The van der Waals surface area contributed by atoms with Gasteiger partial charge in [0.2, 0.25) is 0 Å². The van der Waals surface area contributed by atoms with Gasteiger partial charge in [0.1, 0.15) is 0 Å². The Hall–Kier alpha value is -1.97. The van der Waals surface area contributed by atoms with E-state index < -0.39 is 5.69 Å². The van der Waals surface area contributed by atoms with E-state index in [1.54, 1.807) is 0 Å². The molecule has 0 radical (unpaired) electrons. The average molecular weight is 247 g/mol. The summed E-state index contributed by atoms with van der Waals surface area (Å²) in [5.74, 6) is 0. The molecule has 0 aliphatic heterocycles. The van der Waals surface area contributed by atoms with Gasteiger partial charge in [-0.2, -0.15) is 10.1 Å². The molecule has 1 heterocycles. The van der Waals surface area contributed by atoms with Crippen LogP contribution in [0.4, 0.5) is 0 Å². The van der Waals surface area contributed by atoms with Gasteiger partial charge in [0.15, 0.2) is 0 Å². The topological polar surface area (TPSA) is 58.6 Å². The van der Waals surface area contributed by atoms with Crippen molar-refractivity contribution in [3.8, 4) is 11.3 Å². The van der Waals surface area contributed by atoms with E-state index in [4.69, 9.17) is 0 Å². The van der Waals surface area contributed by atoms with Crippen molar-refractivity contribution >= 4 is 0 Å². The van der Waals surface area contributed by atoms with E-state index in [0.29, 0.717) is 5.69 Å². The molecule has 0 bridgehead atoms. The van der Waals surface area contributed by atoms with Crippen LogP contribution in [0.15, 0.2) is 35.3 Å². The predicted molar refractivity (Wildman–Crippen MR) is 75.5 cm³/mol. The number of H-pyrrole nitrogens is 1. The Kier molecular flexibility index (Phi) is 8.10. The Morgan fingerprint density at radius 1 is 1.00 bits per heavy atom. The number of nitrogens with one attached hydrogen (secondary N) is 1. The van der Waals surface area contributed by atoms with E-state index in [1.165, 1.54) is 11.8 Å². The summed E-state index contributed by atoms with van der Waals surface area (Å²) in [6.45, 7) is 10.0. The molecule has 0 aliphatic rings. The summed E-state index contributed by atoms with van der Waals surface area (Å²) in [5, 5.41) is 5.92. The normalized spacial score (nSPS) is 8.50. The first-order valence-corrected chi connectivity index (χ1v) is 6.24. The summed E-state index contributed by atoms with van der Waals surface area (Å²) in [7, 11) is 0. The Bertz CT molecular complexity index is 489. The maximum absolute atomic E-state index is 10.9. The molecule has 0 unspecified atom stereocenters. The molecular formula is C14H21N3O. The molecule has 0 fully saturated rings. The van der Waals surface area contributed by atoms with Crippen LogP contribution in [-0.2, 0) is 0 Å². The van der Waals surface area contributed by atoms with Crippen LogP contribution in [0.1, 0.15) is 33.3 Å². The highest BCUT2D eigenvalue weighted by molar-refractivity contribution is 5.57. The largest absolute Gasteiger partial charge is 0.361 e. The van der Waals surface area contributed by atoms with Crippen molar-refractivity contribution in [3.05, 3.63) is 46.5 Å². The fourth-order valence-electron chi connectivity index (χ4n) is 1.18. The number of aromatic amines is 1. The zero-order valence-corrected chi connectivity index (χ0v) is 11.7. The zero-order valence-electron chi connectivity index (χ0n) is 11.7. The zero-order chi connectivity index (χ0) is 14.0. The lowest BCUT2D eigenvalue weighted by molar-refractivity contribution is 0.919. The summed E-state index contributed by atoms with van der Waals surface area (Å²) >= 11 is 0. The lowest BCUT2D eigenvalue weighted by Crippen LogP contribution is -2.11. The van der Waals surface area contributed by atoms with Crippen molar-refractivity contribution in [2.24, 2.45) is 0 Å². The molecule has 0 aliphatic carbocycles. The fourth-order valence-corrected chi connectivity index (χ4v) is 1.18. The van der Waals surface area contributed by atoms with Gasteiger partial charge in [0, 0.05) is 5.56 Å². The van der Waals surface area contributed by atoms with Crippen LogP contribution >= 0.6 is 0 Å². The molecule has 2 rings (SSSR count). The lowest BCUT2D eigenvalue weighted by atomic mass is 10.1. The van der Waals surface area contributed by atoms with E-state index in [2.05, 4.69) is 15.2 Å². The molecule has 1 N–H and O–H groups in total. The standard InChI is InChI=1S/C10H9N3O.2C2H6/c1-7-2-4-8(5-3-7)9-6-11-13-10(14)12-9;2*1-2/h2-6H,1H3,(H,12,13,14);2*1-2H3. The number of aryl methyl sites for hydroxylation is 1. The molecule has 2 aromatic rings. The van der Waals surface area contributed by atoms with Gasteiger partial charge in [-0.05, 0) is 6.92 Å². The van der Waals surface area contributed by atoms with Gasteiger partial charge in [-0.1, -0.05) is 57.5 Å². The minimum atomic E-state index is -0.428. The molecule has 0 atom stereocenters. The number of nitrogens with zero attached hydrogens (tertiary/aromatic N) is 2. The summed E-state index contributed by atoms with van der Waals surface area (Å²) in [5.41, 5.74) is 2.23. The lowest BCUT2D eigenvalue weighted by Gasteiger charge is -1.98. The van der Waals surface area contributed by atoms with Gasteiger partial charge in [-0.25, -0.2) is 9.89 Å². The third kappa shape index (κ3) is 4.91. The fraction of sp³-hybridized carbons (Fsp3) is 0.357. The highest BCUT2D eigenvalue weighted by Crippen LogP contribution is 2.14. The summed E-state index contributed by atoms with van der Waals surface area (Å²) in [6.07, 6.45) is 1.53. The van der Waals surface area contributed by atoms with E-state index in [0.717, 1.165) is 5.56 Å². The summed E-state index contributed by atoms with van der Waals surface area (Å²) < 4.78 is 0. The second kappa shape index (κ2) is 9.10. The second-order valence-electron chi connectivity index (χ2n) is 3.04. The first kappa shape index (κ1) is 16.0. The third-order valence-corrected chi connectivity index (χ3v) is 1.92. The van der Waals surface area contributed by atoms with Gasteiger partial charge in [-0.3, -0.25) is 0 Å². The van der Waals surface area contributed by atoms with Crippen molar-refractivity contribution in [1.29, 1.82) is 0 Å².